The first kappa shape index (κ1) is 12.4. The fourth-order valence-electron chi connectivity index (χ4n) is 1.70. The lowest BCUT2D eigenvalue weighted by atomic mass is 10.1. The molecule has 0 radical (unpaired) electrons. The molecule has 1 N–H and O–H groups in total. The zero-order chi connectivity index (χ0) is 12.4. The number of aryl methyl sites for hydroxylation is 1. The summed E-state index contributed by atoms with van der Waals surface area (Å²) in [5.41, 5.74) is 0.624. The molecule has 0 amide bonds. The van der Waals surface area contributed by atoms with Crippen LogP contribution in [0.3, 0.4) is 0 Å². The maximum atomic E-state index is 10.3. The third kappa shape index (κ3) is 2.46. The van der Waals surface area contributed by atoms with Crippen molar-refractivity contribution in [3.63, 3.8) is 0 Å². The van der Waals surface area contributed by atoms with E-state index in [1.165, 1.54) is 0 Å². The zero-order valence-corrected chi connectivity index (χ0v) is 11.2. The Bertz CT molecular complexity index is 522. The maximum absolute atomic E-state index is 10.3. The minimum absolute atomic E-state index is 0.517. The van der Waals surface area contributed by atoms with E-state index in [0.29, 0.717) is 16.3 Å². The second-order valence-electron chi connectivity index (χ2n) is 3.71. The Balaban J connectivity index is 2.46. The quantitative estimate of drug-likeness (QED) is 0.917. The lowest BCUT2D eigenvalue weighted by Crippen LogP contribution is -2.01. The Morgan fingerprint density at radius 2 is 2.06 bits per heavy atom. The molecule has 4 heteroatoms. The fraction of sp³-hybridized carbons (Fsp3) is 0.231. The molecule has 0 fully saturated rings. The molecule has 0 aliphatic carbocycles. The highest BCUT2D eigenvalue weighted by molar-refractivity contribution is 7.12. The van der Waals surface area contributed by atoms with Crippen LogP contribution in [0.5, 0.6) is 5.75 Å². The van der Waals surface area contributed by atoms with E-state index in [1.54, 1.807) is 36.6 Å². The Morgan fingerprint density at radius 1 is 1.29 bits per heavy atom. The van der Waals surface area contributed by atoms with Crippen LogP contribution in [0.15, 0.2) is 30.3 Å². The first-order chi connectivity index (χ1) is 8.13. The highest BCUT2D eigenvalue weighted by Crippen LogP contribution is 2.37. The van der Waals surface area contributed by atoms with Gasteiger partial charge in [0.15, 0.2) is 0 Å². The van der Waals surface area contributed by atoms with Crippen molar-refractivity contribution in [3.8, 4) is 5.75 Å². The van der Waals surface area contributed by atoms with Gasteiger partial charge in [-0.3, -0.25) is 0 Å². The van der Waals surface area contributed by atoms with Crippen LogP contribution < -0.4 is 4.74 Å². The van der Waals surface area contributed by atoms with Crippen molar-refractivity contribution in [2.45, 2.75) is 13.0 Å². The Labute approximate surface area is 109 Å². The number of hydrogen-bond donors (Lipinski definition) is 1. The first-order valence-corrected chi connectivity index (χ1v) is 6.39. The number of aliphatic hydroxyl groups excluding tert-OH is 1. The molecule has 2 nitrogen and oxygen atoms in total. The van der Waals surface area contributed by atoms with Crippen molar-refractivity contribution in [1.29, 1.82) is 0 Å². The average molecular weight is 269 g/mol. The number of ether oxygens (including phenoxy) is 1. The predicted molar refractivity (Wildman–Crippen MR) is 71.1 cm³/mol. The second kappa shape index (κ2) is 5.08. The van der Waals surface area contributed by atoms with Gasteiger partial charge in [0.05, 0.1) is 12.1 Å². The van der Waals surface area contributed by atoms with Gasteiger partial charge in [0.1, 0.15) is 11.9 Å². The van der Waals surface area contributed by atoms with E-state index < -0.39 is 6.10 Å². The Morgan fingerprint density at radius 3 is 2.65 bits per heavy atom. The van der Waals surface area contributed by atoms with Gasteiger partial charge in [-0.25, -0.2) is 0 Å². The van der Waals surface area contributed by atoms with Crippen LogP contribution in [0.4, 0.5) is 0 Å². The lowest BCUT2D eigenvalue weighted by molar-refractivity contribution is 0.218. The van der Waals surface area contributed by atoms with Gasteiger partial charge in [0, 0.05) is 15.3 Å². The molecule has 2 aromatic rings. The molecule has 0 saturated carbocycles. The van der Waals surface area contributed by atoms with Crippen LogP contribution in [0.25, 0.3) is 0 Å². The molecular weight excluding hydrogens is 256 g/mol. The summed E-state index contributed by atoms with van der Waals surface area (Å²) in [4.78, 5) is 2.03. The standard InChI is InChI=1S/C13H13ClO2S/c1-8-6-7-11(17-8)13(15)12-9(14)4-3-5-10(12)16-2/h3-7,13,15H,1-2H3. The number of aliphatic hydroxyl groups is 1. The van der Waals surface area contributed by atoms with Crippen LogP contribution in [-0.2, 0) is 0 Å². The van der Waals surface area contributed by atoms with Gasteiger partial charge in [-0.1, -0.05) is 17.7 Å². The monoisotopic (exact) mass is 268 g/mol. The Hall–Kier alpha value is -1.03. The van der Waals surface area contributed by atoms with Crippen molar-refractivity contribution in [3.05, 3.63) is 50.7 Å². The van der Waals surface area contributed by atoms with Crippen LogP contribution in [0.2, 0.25) is 5.02 Å². The van der Waals surface area contributed by atoms with E-state index in [1.807, 2.05) is 19.1 Å². The van der Waals surface area contributed by atoms with Crippen molar-refractivity contribution >= 4 is 22.9 Å². The summed E-state index contributed by atoms with van der Waals surface area (Å²) in [6.45, 7) is 2.00. The number of hydrogen-bond acceptors (Lipinski definition) is 3. The van der Waals surface area contributed by atoms with Gasteiger partial charge in [-0.05, 0) is 31.2 Å². The summed E-state index contributed by atoms with van der Waals surface area (Å²) >= 11 is 7.68. The molecule has 0 aliphatic rings. The molecule has 1 aromatic carbocycles. The number of halogens is 1. The largest absolute Gasteiger partial charge is 0.496 e. The number of thiophene rings is 1. The summed E-state index contributed by atoms with van der Waals surface area (Å²) in [6, 6.07) is 9.24. The van der Waals surface area contributed by atoms with Crippen molar-refractivity contribution in [2.24, 2.45) is 0 Å². The van der Waals surface area contributed by atoms with Crippen LogP contribution in [0.1, 0.15) is 21.4 Å². The van der Waals surface area contributed by atoms with Crippen LogP contribution >= 0.6 is 22.9 Å². The summed E-state index contributed by atoms with van der Waals surface area (Å²) < 4.78 is 5.24. The van der Waals surface area contributed by atoms with Crippen LogP contribution in [0, 0.1) is 6.92 Å². The first-order valence-electron chi connectivity index (χ1n) is 5.20. The number of rotatable bonds is 3. The van der Waals surface area contributed by atoms with Gasteiger partial charge in [0.25, 0.3) is 0 Å². The molecule has 1 aromatic heterocycles. The number of methoxy groups -OCH3 is 1. The molecule has 1 heterocycles. The van der Waals surface area contributed by atoms with Crippen molar-refractivity contribution < 1.29 is 9.84 Å². The fourth-order valence-corrected chi connectivity index (χ4v) is 2.85. The van der Waals surface area contributed by atoms with E-state index in [-0.39, 0.29) is 0 Å². The number of benzene rings is 1. The maximum Gasteiger partial charge on any atom is 0.126 e. The van der Waals surface area contributed by atoms with Gasteiger partial charge in [-0.2, -0.15) is 0 Å². The van der Waals surface area contributed by atoms with E-state index in [0.717, 1.165) is 9.75 Å². The van der Waals surface area contributed by atoms with Gasteiger partial charge in [-0.15, -0.1) is 11.3 Å². The Kier molecular flexibility index (Phi) is 3.72. The van der Waals surface area contributed by atoms with E-state index >= 15 is 0 Å². The van der Waals surface area contributed by atoms with Gasteiger partial charge < -0.3 is 9.84 Å². The molecular formula is C13H13ClO2S. The minimum Gasteiger partial charge on any atom is -0.496 e. The molecule has 1 atom stereocenters. The molecule has 0 saturated heterocycles. The highest BCUT2D eigenvalue weighted by atomic mass is 35.5. The van der Waals surface area contributed by atoms with Gasteiger partial charge >= 0.3 is 0 Å². The lowest BCUT2D eigenvalue weighted by Gasteiger charge is -2.15. The zero-order valence-electron chi connectivity index (χ0n) is 9.61. The molecule has 0 aliphatic heterocycles. The van der Waals surface area contributed by atoms with E-state index in [4.69, 9.17) is 16.3 Å². The summed E-state index contributed by atoms with van der Waals surface area (Å²) in [6.07, 6.45) is -0.739. The SMILES string of the molecule is COc1cccc(Cl)c1C(O)c1ccc(C)s1. The average Bonchev–Trinajstić information content (AvgIpc) is 2.74. The van der Waals surface area contributed by atoms with E-state index in [2.05, 4.69) is 0 Å². The molecule has 17 heavy (non-hydrogen) atoms. The summed E-state index contributed by atoms with van der Waals surface area (Å²) in [5, 5.41) is 10.9. The van der Waals surface area contributed by atoms with Crippen molar-refractivity contribution in [1.82, 2.24) is 0 Å². The summed E-state index contributed by atoms with van der Waals surface area (Å²) in [5.74, 6) is 0.607. The molecule has 90 valence electrons. The molecule has 2 rings (SSSR count). The van der Waals surface area contributed by atoms with Gasteiger partial charge in [0.2, 0.25) is 0 Å². The third-order valence-corrected chi connectivity index (χ3v) is 3.92. The molecule has 0 spiro atoms. The van der Waals surface area contributed by atoms with Crippen LogP contribution in [-0.4, -0.2) is 12.2 Å². The topological polar surface area (TPSA) is 29.5 Å². The second-order valence-corrected chi connectivity index (χ2v) is 5.43. The molecule has 1 unspecified atom stereocenters. The van der Waals surface area contributed by atoms with E-state index in [9.17, 15) is 5.11 Å². The highest BCUT2D eigenvalue weighted by Gasteiger charge is 2.19. The predicted octanol–water partition coefficient (Wildman–Crippen LogP) is 3.80. The third-order valence-electron chi connectivity index (χ3n) is 2.54. The minimum atomic E-state index is -0.739. The molecule has 0 bridgehead atoms. The normalized spacial score (nSPS) is 12.5. The summed E-state index contributed by atoms with van der Waals surface area (Å²) in [7, 11) is 1.57. The smallest absolute Gasteiger partial charge is 0.126 e. The van der Waals surface area contributed by atoms with Crippen molar-refractivity contribution in [2.75, 3.05) is 7.11 Å².